The summed E-state index contributed by atoms with van der Waals surface area (Å²) in [4.78, 5) is 17.7. The van der Waals surface area contributed by atoms with Crippen molar-refractivity contribution in [2.45, 2.75) is 32.7 Å². The minimum atomic E-state index is 0.152. The molecule has 2 aromatic heterocycles. The van der Waals surface area contributed by atoms with E-state index >= 15 is 0 Å². The molecule has 1 N–H and O–H groups in total. The lowest BCUT2D eigenvalue weighted by molar-refractivity contribution is 0.250. The van der Waals surface area contributed by atoms with E-state index in [-0.39, 0.29) is 5.41 Å². The molecule has 0 radical (unpaired) electrons. The lowest BCUT2D eigenvalue weighted by Crippen LogP contribution is -2.46. The zero-order chi connectivity index (χ0) is 22.1. The van der Waals surface area contributed by atoms with Crippen LogP contribution in [0.15, 0.2) is 67.0 Å². The van der Waals surface area contributed by atoms with Gasteiger partial charge in [0, 0.05) is 50.7 Å². The number of rotatable bonds is 4. The summed E-state index contributed by atoms with van der Waals surface area (Å²) in [5, 5.41) is 0. The predicted octanol–water partition coefficient (Wildman–Crippen LogP) is 5.24. The van der Waals surface area contributed by atoms with Gasteiger partial charge in [-0.15, -0.1) is 0 Å². The second kappa shape index (κ2) is 8.40. The first-order valence-corrected chi connectivity index (χ1v) is 11.4. The normalized spacial score (nSPS) is 15.4. The minimum Gasteiger partial charge on any atom is -0.367 e. The highest BCUT2D eigenvalue weighted by atomic mass is 15.3. The third kappa shape index (κ3) is 4.26. The summed E-state index contributed by atoms with van der Waals surface area (Å²) in [5.41, 5.74) is 7.32. The third-order valence-electron chi connectivity index (χ3n) is 6.38. The molecule has 1 saturated heterocycles. The van der Waals surface area contributed by atoms with Crippen LogP contribution in [-0.4, -0.2) is 46.0 Å². The average molecular weight is 426 g/mol. The molecule has 3 heterocycles. The van der Waals surface area contributed by atoms with E-state index in [0.717, 1.165) is 55.1 Å². The molecule has 5 heteroatoms. The predicted molar refractivity (Wildman–Crippen MR) is 132 cm³/mol. The molecule has 1 aliphatic heterocycles. The molecule has 0 saturated carbocycles. The Morgan fingerprint density at radius 2 is 1.59 bits per heavy atom. The molecule has 0 aliphatic carbocycles. The summed E-state index contributed by atoms with van der Waals surface area (Å²) in [5.74, 6) is 0.934. The molecule has 0 spiro atoms. The largest absolute Gasteiger partial charge is 0.367 e. The molecular formula is C27H31N5. The number of para-hydroxylation sites is 1. The van der Waals surface area contributed by atoms with E-state index in [1.54, 1.807) is 0 Å². The van der Waals surface area contributed by atoms with E-state index in [2.05, 4.69) is 95.1 Å². The van der Waals surface area contributed by atoms with Crippen molar-refractivity contribution in [3.63, 3.8) is 0 Å². The lowest BCUT2D eigenvalue weighted by Gasteiger charge is -2.36. The molecule has 5 nitrogen and oxygen atoms in total. The number of nitrogens with zero attached hydrogens (tertiary/aromatic N) is 4. The molecule has 164 valence electrons. The zero-order valence-corrected chi connectivity index (χ0v) is 19.2. The van der Waals surface area contributed by atoms with Crippen molar-refractivity contribution in [2.75, 3.05) is 31.1 Å². The Balaban J connectivity index is 1.34. The van der Waals surface area contributed by atoms with Gasteiger partial charge in [-0.05, 0) is 40.8 Å². The molecule has 0 atom stereocenters. The summed E-state index contributed by atoms with van der Waals surface area (Å²) in [6.07, 6.45) is 3.75. The van der Waals surface area contributed by atoms with Crippen LogP contribution < -0.4 is 4.90 Å². The topological polar surface area (TPSA) is 48.1 Å². The number of aromatic nitrogens is 3. The van der Waals surface area contributed by atoms with Crippen LogP contribution in [0.5, 0.6) is 0 Å². The van der Waals surface area contributed by atoms with Crippen LogP contribution in [0.25, 0.3) is 22.4 Å². The van der Waals surface area contributed by atoms with E-state index in [4.69, 9.17) is 4.98 Å². The van der Waals surface area contributed by atoms with E-state index in [1.165, 1.54) is 16.8 Å². The maximum Gasteiger partial charge on any atom is 0.138 e. The Labute approximate surface area is 190 Å². The number of fused-ring (bicyclic) bond motifs is 1. The SMILES string of the molecule is CC(C)(C)c1ccc(-c2nc3c(N4CCN(Cc5ccncc5)CC4)cccc3[nH]2)cc1. The summed E-state index contributed by atoms with van der Waals surface area (Å²) in [6.45, 7) is 11.8. The van der Waals surface area contributed by atoms with Gasteiger partial charge in [0.25, 0.3) is 0 Å². The van der Waals surface area contributed by atoms with E-state index in [1.807, 2.05) is 12.4 Å². The number of aromatic amines is 1. The number of pyridine rings is 1. The first-order chi connectivity index (χ1) is 15.5. The van der Waals surface area contributed by atoms with Crippen molar-refractivity contribution in [1.82, 2.24) is 19.9 Å². The highest BCUT2D eigenvalue weighted by Crippen LogP contribution is 2.30. The molecular weight excluding hydrogens is 394 g/mol. The minimum absolute atomic E-state index is 0.152. The van der Waals surface area contributed by atoms with Crippen LogP contribution >= 0.6 is 0 Å². The van der Waals surface area contributed by atoms with E-state index in [0.29, 0.717) is 0 Å². The molecule has 32 heavy (non-hydrogen) atoms. The summed E-state index contributed by atoms with van der Waals surface area (Å²) < 4.78 is 0. The van der Waals surface area contributed by atoms with Crippen molar-refractivity contribution in [3.05, 3.63) is 78.1 Å². The van der Waals surface area contributed by atoms with Crippen LogP contribution in [0.4, 0.5) is 5.69 Å². The molecule has 0 bridgehead atoms. The molecule has 1 aliphatic rings. The van der Waals surface area contributed by atoms with Gasteiger partial charge in [0.15, 0.2) is 0 Å². The number of H-pyrrole nitrogens is 1. The smallest absolute Gasteiger partial charge is 0.138 e. The Hall–Kier alpha value is -3.18. The van der Waals surface area contributed by atoms with Crippen molar-refractivity contribution >= 4 is 16.7 Å². The number of benzene rings is 2. The fourth-order valence-corrected chi connectivity index (χ4v) is 4.43. The Kier molecular flexibility index (Phi) is 5.43. The number of hydrogen-bond donors (Lipinski definition) is 1. The number of nitrogens with one attached hydrogen (secondary N) is 1. The van der Waals surface area contributed by atoms with Crippen molar-refractivity contribution in [2.24, 2.45) is 0 Å². The molecule has 0 unspecified atom stereocenters. The average Bonchev–Trinajstić information content (AvgIpc) is 3.24. The van der Waals surface area contributed by atoms with Gasteiger partial charge in [-0.25, -0.2) is 4.98 Å². The number of imidazole rings is 1. The summed E-state index contributed by atoms with van der Waals surface area (Å²) in [6, 6.07) is 19.4. The highest BCUT2D eigenvalue weighted by Gasteiger charge is 2.20. The maximum atomic E-state index is 5.02. The molecule has 5 rings (SSSR count). The lowest BCUT2D eigenvalue weighted by atomic mass is 9.87. The molecule has 2 aromatic carbocycles. The van der Waals surface area contributed by atoms with Crippen LogP contribution in [0.1, 0.15) is 31.9 Å². The monoisotopic (exact) mass is 425 g/mol. The first-order valence-electron chi connectivity index (χ1n) is 11.4. The Morgan fingerprint density at radius 1 is 0.875 bits per heavy atom. The molecule has 0 amide bonds. The van der Waals surface area contributed by atoms with Crippen LogP contribution in [0.2, 0.25) is 0 Å². The number of hydrogen-bond acceptors (Lipinski definition) is 4. The van der Waals surface area contributed by atoms with Gasteiger partial charge >= 0.3 is 0 Å². The van der Waals surface area contributed by atoms with E-state index in [9.17, 15) is 0 Å². The van der Waals surface area contributed by atoms with Crippen LogP contribution in [0.3, 0.4) is 0 Å². The van der Waals surface area contributed by atoms with E-state index < -0.39 is 0 Å². The van der Waals surface area contributed by atoms with Crippen molar-refractivity contribution in [3.8, 4) is 11.4 Å². The fourth-order valence-electron chi connectivity index (χ4n) is 4.43. The Morgan fingerprint density at radius 3 is 2.28 bits per heavy atom. The molecule has 1 fully saturated rings. The third-order valence-corrected chi connectivity index (χ3v) is 6.38. The van der Waals surface area contributed by atoms with Crippen molar-refractivity contribution < 1.29 is 0 Å². The summed E-state index contributed by atoms with van der Waals surface area (Å²) in [7, 11) is 0. The Bertz CT molecular complexity index is 1180. The van der Waals surface area contributed by atoms with Crippen LogP contribution in [0, 0.1) is 0 Å². The van der Waals surface area contributed by atoms with Crippen LogP contribution in [-0.2, 0) is 12.0 Å². The quantitative estimate of drug-likeness (QED) is 0.485. The zero-order valence-electron chi connectivity index (χ0n) is 19.2. The van der Waals surface area contributed by atoms with Gasteiger partial charge in [-0.2, -0.15) is 0 Å². The number of piperazine rings is 1. The summed E-state index contributed by atoms with van der Waals surface area (Å²) >= 11 is 0. The first kappa shape index (κ1) is 20.7. The van der Waals surface area contributed by atoms with Gasteiger partial charge in [0.05, 0.1) is 11.2 Å². The van der Waals surface area contributed by atoms with Gasteiger partial charge < -0.3 is 9.88 Å². The standard InChI is InChI=1S/C27H31N5/c1-27(2,3)22-9-7-21(8-10-22)26-29-23-5-4-6-24(25(23)30-26)32-17-15-31(16-18-32)19-20-11-13-28-14-12-20/h4-14H,15-19H2,1-3H3,(H,29,30). The van der Waals surface area contributed by atoms with Gasteiger partial charge in [0.2, 0.25) is 0 Å². The van der Waals surface area contributed by atoms with Gasteiger partial charge in [0.1, 0.15) is 11.3 Å². The second-order valence-electron chi connectivity index (χ2n) is 9.70. The fraction of sp³-hybridized carbons (Fsp3) is 0.333. The van der Waals surface area contributed by atoms with Gasteiger partial charge in [-0.1, -0.05) is 51.1 Å². The van der Waals surface area contributed by atoms with Crippen molar-refractivity contribution in [1.29, 1.82) is 0 Å². The van der Waals surface area contributed by atoms with Gasteiger partial charge in [-0.3, -0.25) is 9.88 Å². The molecule has 4 aromatic rings. The maximum absolute atomic E-state index is 5.02. The number of anilines is 1. The highest BCUT2D eigenvalue weighted by molar-refractivity contribution is 5.91. The second-order valence-corrected chi connectivity index (χ2v) is 9.70.